The molecule has 0 radical (unpaired) electrons. The van der Waals surface area contributed by atoms with E-state index in [9.17, 15) is 18.0 Å². The average molecular weight is 466 g/mol. The number of hydrogen-bond donors (Lipinski definition) is 2. The molecule has 0 aromatic heterocycles. The van der Waals surface area contributed by atoms with E-state index in [1.165, 1.54) is 11.8 Å². The second kappa shape index (κ2) is 9.50. The molecule has 2 N–H and O–H groups in total. The van der Waals surface area contributed by atoms with Crippen molar-refractivity contribution in [3.8, 4) is 0 Å². The molecule has 31 heavy (non-hydrogen) atoms. The van der Waals surface area contributed by atoms with Gasteiger partial charge in [-0.25, -0.2) is 13.1 Å². The third-order valence-corrected chi connectivity index (χ3v) is 9.30. The lowest BCUT2D eigenvalue weighted by molar-refractivity contribution is -0.133. The van der Waals surface area contributed by atoms with E-state index in [1.54, 1.807) is 18.2 Å². The minimum atomic E-state index is -3.66. The van der Waals surface area contributed by atoms with Crippen molar-refractivity contribution in [3.05, 3.63) is 18.2 Å². The van der Waals surface area contributed by atoms with Crippen LogP contribution in [-0.4, -0.2) is 50.0 Å². The largest absolute Gasteiger partial charge is 0.343 e. The fourth-order valence-corrected chi connectivity index (χ4v) is 6.93. The summed E-state index contributed by atoms with van der Waals surface area (Å²) in [5, 5.41) is 2.87. The third-order valence-electron chi connectivity index (χ3n) is 6.55. The summed E-state index contributed by atoms with van der Waals surface area (Å²) in [6.45, 7) is 3.74. The number of carbonyl (C=O) groups excluding carboxylic acids is 2. The molecule has 4 rings (SSSR count). The molecule has 9 heteroatoms. The topological polar surface area (TPSA) is 95.6 Å². The fraction of sp³-hybridized carbons (Fsp3) is 0.636. The van der Waals surface area contributed by atoms with Gasteiger partial charge >= 0.3 is 0 Å². The molecule has 7 nitrogen and oxygen atoms in total. The number of thioether (sulfide) groups is 1. The van der Waals surface area contributed by atoms with Crippen LogP contribution in [0.15, 0.2) is 28.0 Å². The van der Waals surface area contributed by atoms with Crippen molar-refractivity contribution in [3.63, 3.8) is 0 Å². The van der Waals surface area contributed by atoms with E-state index in [1.807, 2.05) is 4.90 Å². The lowest BCUT2D eigenvalue weighted by Crippen LogP contribution is -2.37. The maximum absolute atomic E-state index is 12.9. The first-order chi connectivity index (χ1) is 14.8. The highest BCUT2D eigenvalue weighted by Crippen LogP contribution is 2.35. The lowest BCUT2D eigenvalue weighted by Gasteiger charge is -2.26. The summed E-state index contributed by atoms with van der Waals surface area (Å²) in [6.07, 6.45) is 6.00. The Morgan fingerprint density at radius 2 is 1.90 bits per heavy atom. The number of fused-ring (bicyclic) bond motifs is 1. The van der Waals surface area contributed by atoms with Crippen LogP contribution < -0.4 is 10.0 Å². The highest BCUT2D eigenvalue weighted by molar-refractivity contribution is 7.99. The summed E-state index contributed by atoms with van der Waals surface area (Å²) in [5.41, 5.74) is 0.506. The standard InChI is InChI=1S/C22H31N3O4S2/c1-15-4-6-17(7-5-15)24-31(28,29)18-8-9-20-19(13-18)23-22(27)16(14-30-20)12-21(26)25-10-2-3-11-25/h8-9,13,15-17,24H,2-7,10-12,14H2,1H3,(H,23,27)/t15?,16-,17?/m0/s1. The average Bonchev–Trinajstić information content (AvgIpc) is 3.23. The van der Waals surface area contributed by atoms with Gasteiger partial charge in [0.05, 0.1) is 16.5 Å². The van der Waals surface area contributed by atoms with E-state index in [2.05, 4.69) is 17.0 Å². The number of likely N-dealkylation sites (tertiary alicyclic amines) is 1. The summed E-state index contributed by atoms with van der Waals surface area (Å²) in [5.74, 6) is 0.531. The SMILES string of the molecule is CC1CCC(NS(=O)(=O)c2ccc3c(c2)NC(=O)[C@@H](CC(=O)N2CCCC2)CS3)CC1. The highest BCUT2D eigenvalue weighted by atomic mass is 32.2. The van der Waals surface area contributed by atoms with Crippen molar-refractivity contribution in [1.82, 2.24) is 9.62 Å². The van der Waals surface area contributed by atoms with Crippen molar-refractivity contribution in [1.29, 1.82) is 0 Å². The van der Waals surface area contributed by atoms with Crippen LogP contribution in [0, 0.1) is 11.8 Å². The molecule has 0 bridgehead atoms. The van der Waals surface area contributed by atoms with Gasteiger partial charge in [0.1, 0.15) is 0 Å². The third kappa shape index (κ3) is 5.43. The lowest BCUT2D eigenvalue weighted by atomic mass is 9.88. The second-order valence-corrected chi connectivity index (χ2v) is 11.8. The minimum absolute atomic E-state index is 0.0264. The molecule has 1 aromatic rings. The van der Waals surface area contributed by atoms with Gasteiger partial charge in [0, 0.05) is 36.2 Å². The van der Waals surface area contributed by atoms with Gasteiger partial charge in [-0.2, -0.15) is 0 Å². The van der Waals surface area contributed by atoms with Crippen LogP contribution in [0.5, 0.6) is 0 Å². The van der Waals surface area contributed by atoms with E-state index in [0.29, 0.717) is 17.4 Å². The normalized spacial score (nSPS) is 26.8. The number of sulfonamides is 1. The summed E-state index contributed by atoms with van der Waals surface area (Å²) in [4.78, 5) is 28.1. The predicted octanol–water partition coefficient (Wildman–Crippen LogP) is 3.22. The van der Waals surface area contributed by atoms with Gasteiger partial charge < -0.3 is 10.2 Å². The summed E-state index contributed by atoms with van der Waals surface area (Å²) >= 11 is 1.49. The number of benzene rings is 1. The van der Waals surface area contributed by atoms with E-state index >= 15 is 0 Å². The Labute approximate surface area is 188 Å². The van der Waals surface area contributed by atoms with Crippen LogP contribution >= 0.6 is 11.8 Å². The van der Waals surface area contributed by atoms with Gasteiger partial charge in [-0.1, -0.05) is 6.92 Å². The van der Waals surface area contributed by atoms with Crippen LogP contribution in [0.4, 0.5) is 5.69 Å². The molecule has 0 spiro atoms. The highest BCUT2D eigenvalue weighted by Gasteiger charge is 2.30. The predicted molar refractivity (Wildman–Crippen MR) is 121 cm³/mol. The Morgan fingerprint density at radius 1 is 1.19 bits per heavy atom. The first-order valence-corrected chi connectivity index (χ1v) is 13.7. The smallest absolute Gasteiger partial charge is 0.240 e. The van der Waals surface area contributed by atoms with Crippen LogP contribution in [0.25, 0.3) is 0 Å². The molecule has 2 fully saturated rings. The molecule has 1 aromatic carbocycles. The van der Waals surface area contributed by atoms with Gasteiger partial charge in [-0.15, -0.1) is 11.8 Å². The van der Waals surface area contributed by atoms with Crippen molar-refractivity contribution >= 4 is 39.3 Å². The molecule has 1 aliphatic carbocycles. The van der Waals surface area contributed by atoms with Crippen molar-refractivity contribution in [2.45, 2.75) is 67.7 Å². The summed E-state index contributed by atoms with van der Waals surface area (Å²) in [7, 11) is -3.66. The molecule has 1 atom stereocenters. The van der Waals surface area contributed by atoms with E-state index in [4.69, 9.17) is 0 Å². The number of rotatable bonds is 5. The quantitative estimate of drug-likeness (QED) is 0.696. The molecule has 2 aliphatic heterocycles. The van der Waals surface area contributed by atoms with E-state index in [-0.39, 0.29) is 29.2 Å². The minimum Gasteiger partial charge on any atom is -0.343 e. The number of hydrogen-bond acceptors (Lipinski definition) is 5. The van der Waals surface area contributed by atoms with Gasteiger partial charge in [0.15, 0.2) is 0 Å². The molecule has 2 heterocycles. The summed E-state index contributed by atoms with van der Waals surface area (Å²) < 4.78 is 28.7. The van der Waals surface area contributed by atoms with Crippen LogP contribution in [0.1, 0.15) is 51.9 Å². The van der Waals surface area contributed by atoms with Crippen LogP contribution in [0.2, 0.25) is 0 Å². The zero-order chi connectivity index (χ0) is 22.0. The van der Waals surface area contributed by atoms with Crippen molar-refractivity contribution < 1.29 is 18.0 Å². The Bertz CT molecular complexity index is 936. The first-order valence-electron chi connectivity index (χ1n) is 11.2. The fourth-order valence-electron chi connectivity index (χ4n) is 4.52. The number of carbonyl (C=O) groups is 2. The number of nitrogens with zero attached hydrogens (tertiary/aromatic N) is 1. The Hall–Kier alpha value is -1.58. The molecule has 3 aliphatic rings. The van der Waals surface area contributed by atoms with E-state index in [0.717, 1.165) is 56.5 Å². The molecular weight excluding hydrogens is 434 g/mol. The first kappa shape index (κ1) is 22.6. The zero-order valence-electron chi connectivity index (χ0n) is 17.9. The molecule has 1 saturated heterocycles. The summed E-state index contributed by atoms with van der Waals surface area (Å²) in [6, 6.07) is 4.85. The number of nitrogens with one attached hydrogen (secondary N) is 2. The van der Waals surface area contributed by atoms with Crippen molar-refractivity contribution in [2.75, 3.05) is 24.2 Å². The van der Waals surface area contributed by atoms with Crippen LogP contribution in [-0.2, 0) is 19.6 Å². The van der Waals surface area contributed by atoms with Crippen LogP contribution in [0.3, 0.4) is 0 Å². The van der Waals surface area contributed by atoms with Crippen molar-refractivity contribution in [2.24, 2.45) is 11.8 Å². The maximum Gasteiger partial charge on any atom is 0.240 e. The Balaban J connectivity index is 1.43. The van der Waals surface area contributed by atoms with Gasteiger partial charge in [-0.3, -0.25) is 9.59 Å². The molecule has 0 unspecified atom stereocenters. The van der Waals surface area contributed by atoms with Gasteiger partial charge in [-0.05, 0) is 62.6 Å². The molecule has 1 saturated carbocycles. The maximum atomic E-state index is 12.9. The van der Waals surface area contributed by atoms with E-state index < -0.39 is 15.9 Å². The number of amides is 2. The van der Waals surface area contributed by atoms with Gasteiger partial charge in [0.25, 0.3) is 0 Å². The zero-order valence-corrected chi connectivity index (χ0v) is 19.6. The molecule has 2 amide bonds. The molecule has 170 valence electrons. The van der Waals surface area contributed by atoms with Gasteiger partial charge in [0.2, 0.25) is 21.8 Å². The molecular formula is C22H31N3O4S2. The number of anilines is 1. The second-order valence-electron chi connectivity index (χ2n) is 9.03. The Morgan fingerprint density at radius 3 is 2.61 bits per heavy atom. The Kier molecular flexibility index (Phi) is 6.93. The monoisotopic (exact) mass is 465 g/mol.